The highest BCUT2D eigenvalue weighted by atomic mass is 19.3. The topological polar surface area (TPSA) is 34.1 Å². The Bertz CT molecular complexity index is 732. The molecule has 0 radical (unpaired) electrons. The van der Waals surface area contributed by atoms with Gasteiger partial charge in [-0.25, -0.2) is 0 Å². The van der Waals surface area contributed by atoms with Crippen LogP contribution in [0, 0.1) is 34.5 Å². The van der Waals surface area contributed by atoms with Crippen molar-refractivity contribution in [3.63, 3.8) is 0 Å². The van der Waals surface area contributed by atoms with Crippen molar-refractivity contribution in [3.8, 4) is 0 Å². The standard InChI is InChI=1S/C22H28F2O2/c1-12(25)16-4-5-17-14-11-15(20(23)24)19-10-13(26)6-8-22(19,3)18(14)7-9-21(16,17)2/h10,14,16-18H,4-9,11H2,1-3H3/t14-,16+,17-,18-,21+,22+/m0/s1. The van der Waals surface area contributed by atoms with Crippen LogP contribution in [0.15, 0.2) is 23.3 Å². The molecule has 3 saturated carbocycles. The number of hydrogen-bond acceptors (Lipinski definition) is 2. The van der Waals surface area contributed by atoms with Crippen LogP contribution in [0.4, 0.5) is 8.78 Å². The van der Waals surface area contributed by atoms with Gasteiger partial charge in [-0.15, -0.1) is 0 Å². The van der Waals surface area contributed by atoms with Crippen molar-refractivity contribution in [2.45, 2.75) is 65.7 Å². The Hall–Kier alpha value is -1.32. The highest BCUT2D eigenvalue weighted by Gasteiger charge is 2.60. The molecule has 0 aliphatic heterocycles. The van der Waals surface area contributed by atoms with Gasteiger partial charge in [-0.2, -0.15) is 8.78 Å². The quantitative estimate of drug-likeness (QED) is 0.618. The molecule has 26 heavy (non-hydrogen) atoms. The van der Waals surface area contributed by atoms with Gasteiger partial charge < -0.3 is 0 Å². The van der Waals surface area contributed by atoms with E-state index in [4.69, 9.17) is 0 Å². The second-order valence-corrected chi connectivity index (χ2v) is 9.55. The maximum Gasteiger partial charge on any atom is 0.273 e. The number of carbonyl (C=O) groups is 2. The summed E-state index contributed by atoms with van der Waals surface area (Å²) in [5, 5.41) is 0. The van der Waals surface area contributed by atoms with Crippen LogP contribution in [-0.2, 0) is 9.59 Å². The molecule has 4 heteroatoms. The molecule has 2 nitrogen and oxygen atoms in total. The molecule has 0 saturated heterocycles. The summed E-state index contributed by atoms with van der Waals surface area (Å²) < 4.78 is 27.7. The number of fused-ring (bicyclic) bond motifs is 5. The van der Waals surface area contributed by atoms with Crippen LogP contribution in [0.2, 0.25) is 0 Å². The van der Waals surface area contributed by atoms with E-state index in [9.17, 15) is 18.4 Å². The number of Topliss-reactive ketones (excluding diaryl/α,β-unsaturated/α-hetero) is 1. The minimum Gasteiger partial charge on any atom is -0.300 e. The van der Waals surface area contributed by atoms with Crippen LogP contribution >= 0.6 is 0 Å². The third kappa shape index (κ3) is 2.33. The lowest BCUT2D eigenvalue weighted by atomic mass is 9.46. The van der Waals surface area contributed by atoms with E-state index >= 15 is 0 Å². The minimum absolute atomic E-state index is 0.0205. The van der Waals surface area contributed by atoms with E-state index in [2.05, 4.69) is 13.8 Å². The van der Waals surface area contributed by atoms with Crippen LogP contribution < -0.4 is 0 Å². The molecule has 0 N–H and O–H groups in total. The van der Waals surface area contributed by atoms with Gasteiger partial charge in [-0.1, -0.05) is 13.8 Å². The Kier molecular flexibility index (Phi) is 4.06. The molecule has 4 aliphatic rings. The van der Waals surface area contributed by atoms with Crippen LogP contribution in [0.25, 0.3) is 0 Å². The third-order valence-electron chi connectivity index (χ3n) is 8.55. The fraction of sp³-hybridized carbons (Fsp3) is 0.727. The summed E-state index contributed by atoms with van der Waals surface area (Å²) in [5.74, 6) is 1.19. The minimum atomic E-state index is -1.62. The molecule has 0 heterocycles. The fourth-order valence-corrected chi connectivity index (χ4v) is 7.29. The van der Waals surface area contributed by atoms with E-state index in [0.717, 1.165) is 25.7 Å². The van der Waals surface area contributed by atoms with E-state index < -0.39 is 6.08 Å². The number of allylic oxidation sites excluding steroid dienone is 2. The van der Waals surface area contributed by atoms with Crippen molar-refractivity contribution in [3.05, 3.63) is 23.3 Å². The Balaban J connectivity index is 1.78. The van der Waals surface area contributed by atoms with Crippen LogP contribution in [-0.4, -0.2) is 11.6 Å². The normalized spacial score (nSPS) is 44.7. The number of carbonyl (C=O) groups excluding carboxylic acids is 2. The van der Waals surface area contributed by atoms with E-state index in [1.54, 1.807) is 6.92 Å². The first-order valence-corrected chi connectivity index (χ1v) is 9.98. The van der Waals surface area contributed by atoms with Crippen molar-refractivity contribution in [1.29, 1.82) is 0 Å². The number of rotatable bonds is 1. The van der Waals surface area contributed by atoms with Gasteiger partial charge in [0.25, 0.3) is 6.08 Å². The molecule has 3 fully saturated rings. The highest BCUT2D eigenvalue weighted by Crippen LogP contribution is 2.67. The van der Waals surface area contributed by atoms with Gasteiger partial charge in [0.2, 0.25) is 0 Å². The molecule has 0 aromatic rings. The molecule has 6 atom stereocenters. The molecule has 0 aromatic carbocycles. The molecule has 0 unspecified atom stereocenters. The molecule has 4 rings (SSSR count). The lowest BCUT2D eigenvalue weighted by Gasteiger charge is -2.58. The van der Waals surface area contributed by atoms with E-state index in [0.29, 0.717) is 36.7 Å². The van der Waals surface area contributed by atoms with Crippen molar-refractivity contribution < 1.29 is 18.4 Å². The maximum absolute atomic E-state index is 13.9. The van der Waals surface area contributed by atoms with Crippen LogP contribution in [0.5, 0.6) is 0 Å². The molecule has 0 amide bonds. The first-order chi connectivity index (χ1) is 12.2. The van der Waals surface area contributed by atoms with Crippen molar-refractivity contribution >= 4 is 11.6 Å². The number of hydrogen-bond donors (Lipinski definition) is 0. The molecule has 0 spiro atoms. The summed E-state index contributed by atoms with van der Waals surface area (Å²) in [5.41, 5.74) is 0.357. The largest absolute Gasteiger partial charge is 0.300 e. The lowest BCUT2D eigenvalue weighted by molar-refractivity contribution is -0.128. The SMILES string of the molecule is CC(=O)[C@H]1CC[C@H]2[C@@H]3CC(=C(F)F)C4=CC(=O)CC[C@]4(C)[C@H]3CC[C@]12C. The zero-order valence-corrected chi connectivity index (χ0v) is 15.9. The van der Waals surface area contributed by atoms with Crippen molar-refractivity contribution in [2.24, 2.45) is 34.5 Å². The van der Waals surface area contributed by atoms with Gasteiger partial charge in [0.15, 0.2) is 5.78 Å². The molecular formula is C22H28F2O2. The third-order valence-corrected chi connectivity index (χ3v) is 8.55. The Morgan fingerprint density at radius 1 is 1.12 bits per heavy atom. The van der Waals surface area contributed by atoms with E-state index in [1.807, 2.05) is 0 Å². The summed E-state index contributed by atoms with van der Waals surface area (Å²) in [7, 11) is 0. The zero-order valence-electron chi connectivity index (χ0n) is 15.9. The first kappa shape index (κ1) is 18.1. The average molecular weight is 362 g/mol. The van der Waals surface area contributed by atoms with Gasteiger partial charge in [0.1, 0.15) is 5.78 Å². The lowest BCUT2D eigenvalue weighted by Crippen LogP contribution is -2.51. The van der Waals surface area contributed by atoms with Crippen LogP contribution in [0.1, 0.15) is 65.7 Å². The zero-order chi connectivity index (χ0) is 18.9. The molecular weight excluding hydrogens is 334 g/mol. The second-order valence-electron chi connectivity index (χ2n) is 9.55. The number of halogens is 2. The molecule has 0 aromatic heterocycles. The van der Waals surface area contributed by atoms with Gasteiger partial charge in [0, 0.05) is 17.9 Å². The van der Waals surface area contributed by atoms with Crippen LogP contribution in [0.3, 0.4) is 0 Å². The summed E-state index contributed by atoms with van der Waals surface area (Å²) in [6.45, 7) is 6.01. The monoisotopic (exact) mass is 362 g/mol. The van der Waals surface area contributed by atoms with Crippen molar-refractivity contribution in [1.82, 2.24) is 0 Å². The second kappa shape index (κ2) is 5.84. The van der Waals surface area contributed by atoms with Gasteiger partial charge in [0.05, 0.1) is 0 Å². The smallest absolute Gasteiger partial charge is 0.273 e. The molecule has 0 bridgehead atoms. The predicted molar refractivity (Wildman–Crippen MR) is 95.5 cm³/mol. The predicted octanol–water partition coefficient (Wildman–Crippen LogP) is 5.48. The summed E-state index contributed by atoms with van der Waals surface area (Å²) in [6, 6.07) is 0. The maximum atomic E-state index is 13.9. The van der Waals surface area contributed by atoms with Gasteiger partial charge in [-0.05, 0) is 85.7 Å². The van der Waals surface area contributed by atoms with Gasteiger partial charge >= 0.3 is 0 Å². The fourth-order valence-electron chi connectivity index (χ4n) is 7.29. The van der Waals surface area contributed by atoms with Gasteiger partial charge in [-0.3, -0.25) is 9.59 Å². The van der Waals surface area contributed by atoms with Crippen molar-refractivity contribution in [2.75, 3.05) is 0 Å². The Morgan fingerprint density at radius 2 is 1.85 bits per heavy atom. The molecule has 4 aliphatic carbocycles. The highest BCUT2D eigenvalue weighted by molar-refractivity contribution is 5.92. The Morgan fingerprint density at radius 3 is 2.50 bits per heavy atom. The average Bonchev–Trinajstić information content (AvgIpc) is 2.92. The summed E-state index contributed by atoms with van der Waals surface area (Å²) in [4.78, 5) is 24.1. The Labute approximate surface area is 154 Å². The number of ketones is 2. The summed E-state index contributed by atoms with van der Waals surface area (Å²) in [6.07, 6.45) is 5.23. The van der Waals surface area contributed by atoms with E-state index in [1.165, 1.54) is 6.08 Å². The summed E-state index contributed by atoms with van der Waals surface area (Å²) >= 11 is 0. The molecule has 142 valence electrons. The first-order valence-electron chi connectivity index (χ1n) is 9.98. The van der Waals surface area contributed by atoms with E-state index in [-0.39, 0.29) is 39.8 Å².